The molecular weight excluding hydrogens is 352 g/mol. The van der Waals surface area contributed by atoms with Gasteiger partial charge in [0, 0.05) is 37.3 Å². The lowest BCUT2D eigenvalue weighted by Gasteiger charge is -2.19. The van der Waals surface area contributed by atoms with Gasteiger partial charge in [-0.05, 0) is 48.9 Å². The predicted octanol–water partition coefficient (Wildman–Crippen LogP) is 3.83. The van der Waals surface area contributed by atoms with Crippen molar-refractivity contribution in [1.82, 2.24) is 14.4 Å². The molecule has 0 radical (unpaired) electrons. The topological polar surface area (TPSA) is 59.7 Å². The average Bonchev–Trinajstić information content (AvgIpc) is 2.70. The number of nitrogens with zero attached hydrogens (tertiary/aromatic N) is 4. The number of benzene rings is 1. The summed E-state index contributed by atoms with van der Waals surface area (Å²) in [6.45, 7) is 2.48. The molecule has 6 heteroatoms. The van der Waals surface area contributed by atoms with Gasteiger partial charge in [-0.2, -0.15) is 0 Å². The molecule has 0 saturated carbocycles. The first kappa shape index (κ1) is 17.7. The molecule has 0 spiro atoms. The maximum absolute atomic E-state index is 12.4. The van der Waals surface area contributed by atoms with Crippen molar-refractivity contribution in [2.45, 2.75) is 13.5 Å². The van der Waals surface area contributed by atoms with Crippen molar-refractivity contribution in [3.63, 3.8) is 0 Å². The number of aromatic nitrogens is 3. The highest BCUT2D eigenvalue weighted by Gasteiger charge is 2.08. The van der Waals surface area contributed by atoms with Crippen LogP contribution in [-0.4, -0.2) is 21.4 Å². The van der Waals surface area contributed by atoms with E-state index in [1.807, 2.05) is 73.5 Å². The molecule has 4 rings (SSSR count). The molecule has 0 aliphatic heterocycles. The molecule has 3 heterocycles. The first-order chi connectivity index (χ1) is 13.6. The van der Waals surface area contributed by atoms with E-state index in [1.54, 1.807) is 22.9 Å². The summed E-state index contributed by atoms with van der Waals surface area (Å²) < 4.78 is 7.29. The summed E-state index contributed by atoms with van der Waals surface area (Å²) in [5, 5.41) is 0. The molecule has 0 atom stereocenters. The predicted molar refractivity (Wildman–Crippen MR) is 109 cm³/mol. The van der Waals surface area contributed by atoms with E-state index in [2.05, 4.69) is 9.97 Å². The number of rotatable bonds is 5. The van der Waals surface area contributed by atoms with Crippen LogP contribution in [-0.2, 0) is 6.54 Å². The van der Waals surface area contributed by atoms with Crippen LogP contribution in [0.5, 0.6) is 11.6 Å². The van der Waals surface area contributed by atoms with Gasteiger partial charge < -0.3 is 9.64 Å². The summed E-state index contributed by atoms with van der Waals surface area (Å²) >= 11 is 0. The van der Waals surface area contributed by atoms with Crippen LogP contribution in [0.4, 0.5) is 5.69 Å². The van der Waals surface area contributed by atoms with Gasteiger partial charge in [0.05, 0.1) is 12.2 Å². The summed E-state index contributed by atoms with van der Waals surface area (Å²) in [4.78, 5) is 23.2. The van der Waals surface area contributed by atoms with Crippen molar-refractivity contribution in [2.75, 3.05) is 11.9 Å². The molecule has 28 heavy (non-hydrogen) atoms. The minimum absolute atomic E-state index is 0.0730. The lowest BCUT2D eigenvalue weighted by molar-refractivity contribution is 0.463. The van der Waals surface area contributed by atoms with E-state index in [4.69, 9.17) is 4.74 Å². The largest absolute Gasteiger partial charge is 0.439 e. The Hall–Kier alpha value is -3.67. The molecule has 0 bridgehead atoms. The minimum Gasteiger partial charge on any atom is -0.439 e. The molecule has 0 unspecified atom stereocenters. The summed E-state index contributed by atoms with van der Waals surface area (Å²) in [5.41, 5.74) is 3.32. The van der Waals surface area contributed by atoms with Gasteiger partial charge in [-0.1, -0.05) is 12.1 Å². The third kappa shape index (κ3) is 3.71. The number of pyridine rings is 2. The summed E-state index contributed by atoms with van der Waals surface area (Å²) in [5.74, 6) is 1.27. The highest BCUT2D eigenvalue weighted by Crippen LogP contribution is 2.23. The van der Waals surface area contributed by atoms with Crippen molar-refractivity contribution in [1.29, 1.82) is 0 Å². The van der Waals surface area contributed by atoms with Gasteiger partial charge in [0.25, 0.3) is 5.56 Å². The smallest absolute Gasteiger partial charge is 0.258 e. The second-order valence-corrected chi connectivity index (χ2v) is 6.59. The minimum atomic E-state index is -0.0730. The van der Waals surface area contributed by atoms with Crippen LogP contribution in [0.15, 0.2) is 77.9 Å². The fourth-order valence-electron chi connectivity index (χ4n) is 3.02. The van der Waals surface area contributed by atoms with Gasteiger partial charge in [0.15, 0.2) is 0 Å². The van der Waals surface area contributed by atoms with E-state index < -0.39 is 0 Å². The highest BCUT2D eigenvalue weighted by molar-refractivity contribution is 5.50. The second-order valence-electron chi connectivity index (χ2n) is 6.59. The van der Waals surface area contributed by atoms with Crippen LogP contribution >= 0.6 is 0 Å². The van der Waals surface area contributed by atoms with Crippen LogP contribution in [0.25, 0.3) is 5.65 Å². The van der Waals surface area contributed by atoms with Gasteiger partial charge >= 0.3 is 0 Å². The molecular formula is C22H20N4O2. The number of hydrogen-bond acceptors (Lipinski definition) is 5. The molecule has 0 amide bonds. The molecule has 3 aromatic heterocycles. The van der Waals surface area contributed by atoms with E-state index in [0.29, 0.717) is 23.8 Å². The molecule has 4 aromatic rings. The molecule has 1 aromatic carbocycles. The monoisotopic (exact) mass is 372 g/mol. The van der Waals surface area contributed by atoms with Crippen LogP contribution < -0.4 is 15.2 Å². The number of fused-ring (bicyclic) bond motifs is 1. The van der Waals surface area contributed by atoms with Gasteiger partial charge in [-0.15, -0.1) is 0 Å². The fraction of sp³-hybridized carbons (Fsp3) is 0.136. The van der Waals surface area contributed by atoms with Crippen LogP contribution in [0.2, 0.25) is 0 Å². The zero-order valence-electron chi connectivity index (χ0n) is 15.7. The zero-order chi connectivity index (χ0) is 19.5. The van der Waals surface area contributed by atoms with Crippen LogP contribution in [0.3, 0.4) is 0 Å². The molecule has 0 aliphatic carbocycles. The lowest BCUT2D eigenvalue weighted by atomic mass is 10.2. The van der Waals surface area contributed by atoms with Crippen molar-refractivity contribution >= 4 is 11.3 Å². The summed E-state index contributed by atoms with van der Waals surface area (Å²) in [6, 6.07) is 18.7. The molecule has 0 aliphatic rings. The Morgan fingerprint density at radius 2 is 1.89 bits per heavy atom. The van der Waals surface area contributed by atoms with Crippen molar-refractivity contribution < 1.29 is 4.74 Å². The van der Waals surface area contributed by atoms with Gasteiger partial charge in [0.1, 0.15) is 11.4 Å². The highest BCUT2D eigenvalue weighted by atomic mass is 16.5. The van der Waals surface area contributed by atoms with E-state index in [-0.39, 0.29) is 5.56 Å². The fourth-order valence-corrected chi connectivity index (χ4v) is 3.02. The average molecular weight is 372 g/mol. The number of ether oxygens (including phenoxy) is 1. The molecule has 0 fully saturated rings. The maximum atomic E-state index is 12.4. The van der Waals surface area contributed by atoms with Crippen LogP contribution in [0.1, 0.15) is 11.3 Å². The Labute approximate surface area is 162 Å². The summed E-state index contributed by atoms with van der Waals surface area (Å²) in [7, 11) is 1.97. The molecule has 140 valence electrons. The Kier molecular flexibility index (Phi) is 4.76. The number of aryl methyl sites for hydroxylation is 1. The Bertz CT molecular complexity index is 1150. The van der Waals surface area contributed by atoms with E-state index in [0.717, 1.165) is 16.9 Å². The van der Waals surface area contributed by atoms with E-state index >= 15 is 0 Å². The third-order valence-corrected chi connectivity index (χ3v) is 4.48. The maximum Gasteiger partial charge on any atom is 0.258 e. The quantitative estimate of drug-likeness (QED) is 0.533. The molecule has 0 saturated heterocycles. The molecule has 6 nitrogen and oxygen atoms in total. The standard InChI is InChI=1S/C22H20N4O2/c1-16-6-5-13-26-21(27)14-17(24-22(16)26)15-25(2)18-8-10-19(11-9-18)28-20-7-3-4-12-23-20/h3-14H,15H2,1-2H3. The van der Waals surface area contributed by atoms with E-state index in [9.17, 15) is 4.79 Å². The zero-order valence-corrected chi connectivity index (χ0v) is 15.7. The second kappa shape index (κ2) is 7.52. The SMILES string of the molecule is Cc1cccn2c(=O)cc(CN(C)c3ccc(Oc4ccccn4)cc3)nc12. The van der Waals surface area contributed by atoms with Crippen LogP contribution in [0, 0.1) is 6.92 Å². The third-order valence-electron chi connectivity index (χ3n) is 4.48. The Morgan fingerprint density at radius 1 is 1.07 bits per heavy atom. The van der Waals surface area contributed by atoms with E-state index in [1.165, 1.54) is 0 Å². The first-order valence-electron chi connectivity index (χ1n) is 8.98. The normalized spacial score (nSPS) is 10.8. The summed E-state index contributed by atoms with van der Waals surface area (Å²) in [6.07, 6.45) is 3.43. The van der Waals surface area contributed by atoms with Gasteiger partial charge in [-0.25, -0.2) is 9.97 Å². The van der Waals surface area contributed by atoms with Crippen molar-refractivity contribution in [2.24, 2.45) is 0 Å². The van der Waals surface area contributed by atoms with Gasteiger partial charge in [-0.3, -0.25) is 9.20 Å². The molecule has 0 N–H and O–H groups in total. The van der Waals surface area contributed by atoms with Gasteiger partial charge in [0.2, 0.25) is 5.88 Å². The first-order valence-corrected chi connectivity index (χ1v) is 8.98. The van der Waals surface area contributed by atoms with Crippen molar-refractivity contribution in [3.05, 3.63) is 94.7 Å². The number of anilines is 1. The lowest BCUT2D eigenvalue weighted by Crippen LogP contribution is -2.21. The Balaban J connectivity index is 1.52. The Morgan fingerprint density at radius 3 is 2.64 bits per heavy atom. The van der Waals surface area contributed by atoms with Crippen molar-refractivity contribution in [3.8, 4) is 11.6 Å². The number of hydrogen-bond donors (Lipinski definition) is 0.